The van der Waals surface area contributed by atoms with Crippen molar-refractivity contribution in [3.05, 3.63) is 0 Å². The number of carbonyl (C=O) groups excluding carboxylic acids is 1. The zero-order valence-electron chi connectivity index (χ0n) is 7.70. The third kappa shape index (κ3) is 3.02. The van der Waals surface area contributed by atoms with Gasteiger partial charge in [0.1, 0.15) is 0 Å². The van der Waals surface area contributed by atoms with Gasteiger partial charge in [-0.3, -0.25) is 0 Å². The molecule has 0 radical (unpaired) electrons. The third-order valence-electron chi connectivity index (χ3n) is 1.86. The molecule has 1 heterocycles. The summed E-state index contributed by atoms with van der Waals surface area (Å²) in [6.45, 7) is 1.92. The topological polar surface area (TPSA) is 72.5 Å². The van der Waals surface area contributed by atoms with Crippen LogP contribution in [0.2, 0.25) is 0 Å². The number of rotatable bonds is 2. The predicted molar refractivity (Wildman–Crippen MR) is 52.2 cm³/mol. The van der Waals surface area contributed by atoms with Crippen molar-refractivity contribution < 1.29 is 17.9 Å². The minimum atomic E-state index is -3.11. The number of sulfone groups is 1. The summed E-state index contributed by atoms with van der Waals surface area (Å²) < 4.78 is 26.8. The first-order valence-corrected chi connectivity index (χ1v) is 6.48. The van der Waals surface area contributed by atoms with Gasteiger partial charge in [-0.05, 0) is 6.92 Å². The fraction of sp³-hybridized carbons (Fsp3) is 0.857. The largest absolute Gasteiger partial charge is 0.450 e. The van der Waals surface area contributed by atoms with Gasteiger partial charge >= 0.3 is 6.09 Å². The smallest absolute Gasteiger partial charge is 0.407 e. The van der Waals surface area contributed by atoms with E-state index in [0.29, 0.717) is 0 Å². The minimum absolute atomic E-state index is 0.0916. The molecule has 2 atom stereocenters. The SMILES string of the molecule is CCOC(=O)NC1CS(=O)(=O)C[C@H]1Cl. The van der Waals surface area contributed by atoms with E-state index in [0.717, 1.165) is 0 Å². The number of amides is 1. The lowest BCUT2D eigenvalue weighted by atomic mass is 10.3. The molecule has 1 N–H and O–H groups in total. The van der Waals surface area contributed by atoms with E-state index in [1.54, 1.807) is 6.92 Å². The molecule has 1 fully saturated rings. The molecule has 82 valence electrons. The van der Waals surface area contributed by atoms with Crippen LogP contribution in [0, 0.1) is 0 Å². The number of nitrogens with one attached hydrogen (secondary N) is 1. The van der Waals surface area contributed by atoms with Crippen molar-refractivity contribution in [2.24, 2.45) is 0 Å². The maximum Gasteiger partial charge on any atom is 0.407 e. The average molecular weight is 242 g/mol. The Kier molecular flexibility index (Phi) is 3.60. The molecular formula is C7H12ClNO4S. The highest BCUT2D eigenvalue weighted by Crippen LogP contribution is 2.17. The lowest BCUT2D eigenvalue weighted by Crippen LogP contribution is -2.40. The van der Waals surface area contributed by atoms with Gasteiger partial charge in [-0.1, -0.05) is 0 Å². The van der Waals surface area contributed by atoms with E-state index in [1.165, 1.54) is 0 Å². The van der Waals surface area contributed by atoms with Gasteiger partial charge in [-0.2, -0.15) is 0 Å². The van der Waals surface area contributed by atoms with Crippen molar-refractivity contribution in [1.29, 1.82) is 0 Å². The highest BCUT2D eigenvalue weighted by molar-refractivity contribution is 7.91. The number of halogens is 1. The van der Waals surface area contributed by atoms with E-state index in [1.807, 2.05) is 0 Å². The molecule has 14 heavy (non-hydrogen) atoms. The maximum absolute atomic E-state index is 11.1. The summed E-state index contributed by atoms with van der Waals surface area (Å²) in [6.07, 6.45) is -0.625. The van der Waals surface area contributed by atoms with Crippen LogP contribution in [0.1, 0.15) is 6.92 Å². The minimum Gasteiger partial charge on any atom is -0.450 e. The molecule has 7 heteroatoms. The van der Waals surface area contributed by atoms with Crippen LogP contribution in [0.5, 0.6) is 0 Å². The molecular weight excluding hydrogens is 230 g/mol. The molecule has 1 rings (SSSR count). The lowest BCUT2D eigenvalue weighted by Gasteiger charge is -2.13. The van der Waals surface area contributed by atoms with Crippen LogP contribution in [0.4, 0.5) is 4.79 Å². The van der Waals surface area contributed by atoms with Gasteiger partial charge in [0, 0.05) is 0 Å². The Morgan fingerprint density at radius 2 is 2.21 bits per heavy atom. The zero-order chi connectivity index (χ0) is 10.8. The van der Waals surface area contributed by atoms with Crippen LogP contribution in [0.3, 0.4) is 0 Å². The molecule has 5 nitrogen and oxygen atoms in total. The highest BCUT2D eigenvalue weighted by Gasteiger charge is 2.37. The number of alkyl halides is 1. The summed E-state index contributed by atoms with van der Waals surface area (Å²) in [5, 5.41) is 1.85. The first kappa shape index (κ1) is 11.6. The number of alkyl carbamates (subject to hydrolysis) is 1. The number of hydrogen-bond acceptors (Lipinski definition) is 4. The van der Waals surface area contributed by atoms with Gasteiger partial charge in [-0.15, -0.1) is 11.6 Å². The Morgan fingerprint density at radius 1 is 1.57 bits per heavy atom. The third-order valence-corrected chi connectivity index (χ3v) is 4.24. The monoisotopic (exact) mass is 241 g/mol. The molecule has 1 saturated heterocycles. The number of hydrogen-bond donors (Lipinski definition) is 1. The predicted octanol–water partition coefficient (Wildman–Crippen LogP) is 0.137. The summed E-state index contributed by atoms with van der Waals surface area (Å²) in [4.78, 5) is 11.0. The maximum atomic E-state index is 11.1. The van der Waals surface area contributed by atoms with Gasteiger partial charge in [0.05, 0.1) is 29.5 Å². The quantitative estimate of drug-likeness (QED) is 0.698. The van der Waals surface area contributed by atoms with Crippen LogP contribution in [0.25, 0.3) is 0 Å². The van der Waals surface area contributed by atoms with E-state index in [9.17, 15) is 13.2 Å². The number of ether oxygens (including phenoxy) is 1. The Balaban J connectivity index is 2.51. The molecule has 0 aromatic rings. The lowest BCUT2D eigenvalue weighted by molar-refractivity contribution is 0.149. The first-order valence-electron chi connectivity index (χ1n) is 4.22. The van der Waals surface area contributed by atoms with Crippen LogP contribution >= 0.6 is 11.6 Å². The zero-order valence-corrected chi connectivity index (χ0v) is 9.27. The van der Waals surface area contributed by atoms with Crippen LogP contribution < -0.4 is 5.32 Å². The summed E-state index contributed by atoms with van der Waals surface area (Å²) in [5.41, 5.74) is 0. The molecule has 0 aromatic carbocycles. The van der Waals surface area contributed by atoms with E-state index < -0.39 is 27.3 Å². The van der Waals surface area contributed by atoms with E-state index in [4.69, 9.17) is 11.6 Å². The second kappa shape index (κ2) is 4.35. The van der Waals surface area contributed by atoms with Gasteiger partial charge in [-0.25, -0.2) is 13.2 Å². The average Bonchev–Trinajstić information content (AvgIpc) is 2.25. The molecule has 1 unspecified atom stereocenters. The van der Waals surface area contributed by atoms with Crippen molar-refractivity contribution in [3.63, 3.8) is 0 Å². The van der Waals surface area contributed by atoms with Crippen molar-refractivity contribution in [2.45, 2.75) is 18.3 Å². The van der Waals surface area contributed by atoms with Crippen LogP contribution in [-0.4, -0.2) is 44.0 Å². The summed E-state index contributed by atoms with van der Waals surface area (Å²) >= 11 is 5.76. The summed E-state index contributed by atoms with van der Waals surface area (Å²) in [6, 6.07) is -0.541. The number of carbonyl (C=O) groups is 1. The molecule has 1 amide bonds. The standard InChI is InChI=1S/C7H12ClNO4S/c1-2-13-7(10)9-6-4-14(11,12)3-5(6)8/h5-6H,2-4H2,1H3,(H,9,10)/t5-,6?/m1/s1. The molecule has 0 bridgehead atoms. The molecule has 1 aliphatic rings. The molecule has 1 aliphatic heterocycles. The molecule has 0 saturated carbocycles. The molecule has 0 aromatic heterocycles. The van der Waals surface area contributed by atoms with Crippen molar-refractivity contribution >= 4 is 27.5 Å². The Hall–Kier alpha value is -0.490. The normalized spacial score (nSPS) is 29.9. The van der Waals surface area contributed by atoms with Gasteiger partial charge < -0.3 is 10.1 Å². The van der Waals surface area contributed by atoms with Crippen molar-refractivity contribution in [2.75, 3.05) is 18.1 Å². The fourth-order valence-electron chi connectivity index (χ4n) is 1.26. The second-order valence-electron chi connectivity index (χ2n) is 3.06. The Bertz CT molecular complexity index is 316. The van der Waals surface area contributed by atoms with Crippen LogP contribution in [0.15, 0.2) is 0 Å². The van der Waals surface area contributed by atoms with Crippen molar-refractivity contribution in [1.82, 2.24) is 5.32 Å². The Morgan fingerprint density at radius 3 is 2.64 bits per heavy atom. The first-order chi connectivity index (χ1) is 6.44. The van der Waals surface area contributed by atoms with Gasteiger partial charge in [0.25, 0.3) is 0 Å². The van der Waals surface area contributed by atoms with Gasteiger partial charge in [0.2, 0.25) is 0 Å². The molecule has 0 spiro atoms. The fourth-order valence-corrected chi connectivity index (χ4v) is 3.81. The van der Waals surface area contributed by atoms with Crippen molar-refractivity contribution in [3.8, 4) is 0 Å². The second-order valence-corrected chi connectivity index (χ2v) is 5.78. The van der Waals surface area contributed by atoms with E-state index in [-0.39, 0.29) is 18.1 Å². The highest BCUT2D eigenvalue weighted by atomic mass is 35.5. The van der Waals surface area contributed by atoms with E-state index >= 15 is 0 Å². The van der Waals surface area contributed by atoms with E-state index in [2.05, 4.69) is 10.1 Å². The summed E-state index contributed by atoms with van der Waals surface area (Å²) in [7, 11) is -3.11. The Labute approximate surface area is 87.7 Å². The summed E-state index contributed by atoms with van der Waals surface area (Å²) in [5.74, 6) is -0.203. The van der Waals surface area contributed by atoms with Gasteiger partial charge in [0.15, 0.2) is 9.84 Å². The van der Waals surface area contributed by atoms with Crippen LogP contribution in [-0.2, 0) is 14.6 Å². The molecule has 0 aliphatic carbocycles.